The van der Waals surface area contributed by atoms with Gasteiger partial charge >= 0.3 is 0 Å². The highest BCUT2D eigenvalue weighted by Gasteiger charge is 2.42. The lowest BCUT2D eigenvalue weighted by atomic mass is 9.91. The zero-order chi connectivity index (χ0) is 11.3. The van der Waals surface area contributed by atoms with Crippen LogP contribution in [0.2, 0.25) is 0 Å². The lowest BCUT2D eigenvalue weighted by Crippen LogP contribution is -2.18. The maximum atomic E-state index is 5.83. The number of nitrogen functional groups attached to an aromatic ring is 1. The molecule has 15 heavy (non-hydrogen) atoms. The summed E-state index contributed by atoms with van der Waals surface area (Å²) in [5, 5.41) is 0. The molecule has 0 aromatic carbocycles. The van der Waals surface area contributed by atoms with E-state index in [1.165, 1.54) is 12.8 Å². The molecule has 0 radical (unpaired) electrons. The Balaban J connectivity index is 2.46. The molecule has 0 saturated heterocycles. The van der Waals surface area contributed by atoms with Gasteiger partial charge in [0.2, 0.25) is 0 Å². The van der Waals surface area contributed by atoms with E-state index >= 15 is 0 Å². The topological polar surface area (TPSA) is 51.8 Å². The van der Waals surface area contributed by atoms with Crippen molar-refractivity contribution < 1.29 is 0 Å². The van der Waals surface area contributed by atoms with Gasteiger partial charge < -0.3 is 5.73 Å². The highest BCUT2D eigenvalue weighted by molar-refractivity contribution is 5.35. The summed E-state index contributed by atoms with van der Waals surface area (Å²) in [6, 6.07) is 1.88. The van der Waals surface area contributed by atoms with Crippen LogP contribution in [0, 0.1) is 0 Å². The summed E-state index contributed by atoms with van der Waals surface area (Å²) in [6.07, 6.45) is 2.36. The highest BCUT2D eigenvalue weighted by atomic mass is 15.0. The van der Waals surface area contributed by atoms with E-state index in [-0.39, 0.29) is 10.8 Å². The van der Waals surface area contributed by atoms with Gasteiger partial charge in [-0.1, -0.05) is 27.7 Å². The Labute approximate surface area is 91.1 Å². The number of hydrogen-bond donors (Lipinski definition) is 1. The summed E-state index contributed by atoms with van der Waals surface area (Å²) in [5.41, 5.74) is 7.10. The molecule has 3 nitrogen and oxygen atoms in total. The predicted molar refractivity (Wildman–Crippen MR) is 61.7 cm³/mol. The van der Waals surface area contributed by atoms with Crippen molar-refractivity contribution in [2.24, 2.45) is 0 Å². The average molecular weight is 205 g/mol. The van der Waals surface area contributed by atoms with E-state index < -0.39 is 0 Å². The number of anilines is 1. The van der Waals surface area contributed by atoms with Crippen molar-refractivity contribution in [2.45, 2.75) is 51.4 Å². The first kappa shape index (κ1) is 10.4. The smallest absolute Gasteiger partial charge is 0.136 e. The van der Waals surface area contributed by atoms with Gasteiger partial charge in [-0.2, -0.15) is 0 Å². The maximum absolute atomic E-state index is 5.83. The van der Waals surface area contributed by atoms with Crippen molar-refractivity contribution in [2.75, 3.05) is 5.73 Å². The summed E-state index contributed by atoms with van der Waals surface area (Å²) in [6.45, 7) is 8.64. The van der Waals surface area contributed by atoms with Crippen LogP contribution in [0.25, 0.3) is 0 Å². The van der Waals surface area contributed by atoms with Crippen molar-refractivity contribution in [3.05, 3.63) is 17.6 Å². The van der Waals surface area contributed by atoms with E-state index in [0.29, 0.717) is 5.82 Å². The first-order valence-corrected chi connectivity index (χ1v) is 5.47. The molecule has 1 aliphatic carbocycles. The second-order valence-corrected chi connectivity index (χ2v) is 5.81. The number of rotatable bonds is 1. The Morgan fingerprint density at radius 1 is 1.27 bits per heavy atom. The van der Waals surface area contributed by atoms with Gasteiger partial charge in [-0.3, -0.25) is 0 Å². The van der Waals surface area contributed by atoms with E-state index in [0.717, 1.165) is 11.5 Å². The second-order valence-electron chi connectivity index (χ2n) is 5.81. The Hall–Kier alpha value is -1.12. The van der Waals surface area contributed by atoms with Crippen LogP contribution in [-0.4, -0.2) is 9.97 Å². The molecule has 1 aromatic rings. The number of nitrogens with zero attached hydrogens (tertiary/aromatic N) is 2. The molecule has 0 unspecified atom stereocenters. The highest BCUT2D eigenvalue weighted by Crippen LogP contribution is 2.46. The number of nitrogens with two attached hydrogens (primary N) is 1. The molecule has 0 aliphatic heterocycles. The fourth-order valence-electron chi connectivity index (χ4n) is 1.53. The monoisotopic (exact) mass is 205 g/mol. The third kappa shape index (κ3) is 1.96. The first-order chi connectivity index (χ1) is 6.81. The minimum absolute atomic E-state index is 0.0388. The van der Waals surface area contributed by atoms with Gasteiger partial charge in [0.1, 0.15) is 11.6 Å². The van der Waals surface area contributed by atoms with Crippen LogP contribution in [-0.2, 0) is 10.8 Å². The van der Waals surface area contributed by atoms with E-state index in [1.54, 1.807) is 0 Å². The predicted octanol–water partition coefficient (Wildman–Crippen LogP) is 2.41. The van der Waals surface area contributed by atoms with Crippen molar-refractivity contribution in [3.8, 4) is 0 Å². The van der Waals surface area contributed by atoms with Crippen molar-refractivity contribution in [1.82, 2.24) is 9.97 Å². The summed E-state index contributed by atoms with van der Waals surface area (Å²) < 4.78 is 0. The van der Waals surface area contributed by atoms with E-state index in [9.17, 15) is 0 Å². The zero-order valence-corrected chi connectivity index (χ0v) is 9.96. The van der Waals surface area contributed by atoms with Crippen molar-refractivity contribution >= 4 is 5.82 Å². The fourth-order valence-corrected chi connectivity index (χ4v) is 1.53. The van der Waals surface area contributed by atoms with Gasteiger partial charge in [-0.05, 0) is 12.8 Å². The first-order valence-electron chi connectivity index (χ1n) is 5.47. The lowest BCUT2D eigenvalue weighted by molar-refractivity contribution is 0.555. The molecule has 2 rings (SSSR count). The van der Waals surface area contributed by atoms with Gasteiger partial charge in [0.05, 0.1) is 5.69 Å². The molecule has 3 heteroatoms. The van der Waals surface area contributed by atoms with Gasteiger partial charge in [-0.25, -0.2) is 9.97 Å². The van der Waals surface area contributed by atoms with Crippen LogP contribution in [0.3, 0.4) is 0 Å². The van der Waals surface area contributed by atoms with Gasteiger partial charge in [0, 0.05) is 16.9 Å². The van der Waals surface area contributed by atoms with E-state index in [4.69, 9.17) is 5.73 Å². The van der Waals surface area contributed by atoms with Crippen LogP contribution >= 0.6 is 0 Å². The van der Waals surface area contributed by atoms with Crippen LogP contribution in [0.15, 0.2) is 6.07 Å². The Bertz CT molecular complexity index is 363. The van der Waals surface area contributed by atoms with Crippen LogP contribution < -0.4 is 5.73 Å². The molecule has 0 amide bonds. The molecule has 2 N–H and O–H groups in total. The van der Waals surface area contributed by atoms with Crippen LogP contribution in [0.5, 0.6) is 0 Å². The molecule has 0 bridgehead atoms. The normalized spacial score (nSPS) is 18.9. The summed E-state index contributed by atoms with van der Waals surface area (Å²) in [7, 11) is 0. The van der Waals surface area contributed by atoms with Crippen LogP contribution in [0.4, 0.5) is 5.82 Å². The summed E-state index contributed by atoms with van der Waals surface area (Å²) >= 11 is 0. The van der Waals surface area contributed by atoms with Gasteiger partial charge in [0.25, 0.3) is 0 Å². The standard InChI is InChI=1S/C12H19N3/c1-11(2,3)8-7-9(13)15-10(14-8)12(4)5-6-12/h7H,5-6H2,1-4H3,(H2,13,14,15). The zero-order valence-electron chi connectivity index (χ0n) is 9.96. The number of hydrogen-bond acceptors (Lipinski definition) is 3. The molecule has 0 atom stereocenters. The Kier molecular flexibility index (Phi) is 2.04. The molecule has 1 aromatic heterocycles. The van der Waals surface area contributed by atoms with Gasteiger partial charge in [-0.15, -0.1) is 0 Å². The SMILES string of the molecule is CC(C)(C)c1cc(N)nc(C2(C)CC2)n1. The molecule has 1 aliphatic rings. The lowest BCUT2D eigenvalue weighted by Gasteiger charge is -2.20. The molecule has 82 valence electrons. The van der Waals surface area contributed by atoms with Gasteiger partial charge in [0.15, 0.2) is 0 Å². The molecule has 1 heterocycles. The minimum atomic E-state index is 0.0388. The van der Waals surface area contributed by atoms with E-state index in [2.05, 4.69) is 37.7 Å². The molecular weight excluding hydrogens is 186 g/mol. The molecule has 1 saturated carbocycles. The molecular formula is C12H19N3. The second kappa shape index (κ2) is 2.94. The largest absolute Gasteiger partial charge is 0.384 e. The third-order valence-corrected chi connectivity index (χ3v) is 3.05. The van der Waals surface area contributed by atoms with E-state index in [1.807, 2.05) is 6.07 Å². The molecule has 1 fully saturated rings. The Morgan fingerprint density at radius 2 is 1.87 bits per heavy atom. The van der Waals surface area contributed by atoms with Crippen molar-refractivity contribution in [3.63, 3.8) is 0 Å². The van der Waals surface area contributed by atoms with Crippen molar-refractivity contribution in [1.29, 1.82) is 0 Å². The third-order valence-electron chi connectivity index (χ3n) is 3.05. The fraction of sp³-hybridized carbons (Fsp3) is 0.667. The summed E-state index contributed by atoms with van der Waals surface area (Å²) in [4.78, 5) is 9.00. The summed E-state index contributed by atoms with van der Waals surface area (Å²) in [5.74, 6) is 1.52. The minimum Gasteiger partial charge on any atom is -0.384 e. The molecule has 0 spiro atoms. The maximum Gasteiger partial charge on any atom is 0.136 e. The van der Waals surface area contributed by atoms with Crippen LogP contribution in [0.1, 0.15) is 52.1 Å². The Morgan fingerprint density at radius 3 is 2.33 bits per heavy atom. The number of aromatic nitrogens is 2. The quantitative estimate of drug-likeness (QED) is 0.766. The average Bonchev–Trinajstić information content (AvgIpc) is 2.82.